The van der Waals surface area contributed by atoms with Crippen molar-refractivity contribution in [2.45, 2.75) is 38.5 Å². The van der Waals surface area contributed by atoms with E-state index in [9.17, 15) is 10.2 Å². The molecule has 0 saturated carbocycles. The molecule has 0 aliphatic heterocycles. The predicted molar refractivity (Wildman–Crippen MR) is 213 cm³/mol. The lowest BCUT2D eigenvalue weighted by atomic mass is 9.78. The molecule has 270 valence electrons. The fourth-order valence-electron chi connectivity index (χ4n) is 6.24. The summed E-state index contributed by atoms with van der Waals surface area (Å²) in [5.74, 6) is 6.16. The predicted octanol–water partition coefficient (Wildman–Crippen LogP) is 12.9. The normalized spacial score (nSPS) is 11.5. The van der Waals surface area contributed by atoms with Crippen LogP contribution in [0.4, 0.5) is 0 Å². The van der Waals surface area contributed by atoms with E-state index in [1.807, 2.05) is 121 Å². The molecule has 0 spiro atoms. The zero-order valence-corrected chi connectivity index (χ0v) is 30.7. The van der Waals surface area contributed by atoms with Gasteiger partial charge in [-0.05, 0) is 144 Å². The van der Waals surface area contributed by atoms with E-state index in [2.05, 4.69) is 52.0 Å². The Labute approximate surface area is 316 Å². The Morgan fingerprint density at radius 1 is 0.259 bits per heavy atom. The van der Waals surface area contributed by atoms with Gasteiger partial charge in [-0.1, -0.05) is 76.2 Å². The molecule has 6 nitrogen and oxygen atoms in total. The first kappa shape index (κ1) is 35.7. The lowest BCUT2D eigenvalue weighted by molar-refractivity contribution is 0.461. The summed E-state index contributed by atoms with van der Waals surface area (Å²) >= 11 is 0. The van der Waals surface area contributed by atoms with Crippen molar-refractivity contribution in [1.29, 1.82) is 0 Å². The fraction of sp³-hybridized carbons (Fsp3) is 0.125. The lowest BCUT2D eigenvalue weighted by Crippen LogP contribution is -2.18. The number of ether oxygens (including phenoxy) is 4. The topological polar surface area (TPSA) is 77.4 Å². The molecular weight excluding hydrogens is 673 g/mol. The van der Waals surface area contributed by atoms with Crippen molar-refractivity contribution in [2.75, 3.05) is 0 Å². The average Bonchev–Trinajstić information content (AvgIpc) is 3.18. The number of rotatable bonds is 12. The maximum atomic E-state index is 9.66. The maximum Gasteiger partial charge on any atom is 0.127 e. The van der Waals surface area contributed by atoms with Crippen molar-refractivity contribution in [3.05, 3.63) is 192 Å². The molecule has 6 heteroatoms. The zero-order chi connectivity index (χ0) is 37.7. The average molecular weight is 715 g/mol. The minimum atomic E-state index is -0.220. The van der Waals surface area contributed by atoms with Crippen LogP contribution in [0.1, 0.15) is 49.9 Å². The van der Waals surface area contributed by atoms with E-state index in [1.165, 1.54) is 0 Å². The number of phenols is 2. The molecule has 0 aromatic heterocycles. The van der Waals surface area contributed by atoms with E-state index in [-0.39, 0.29) is 22.3 Å². The molecule has 7 aromatic rings. The number of hydrogen-bond donors (Lipinski definition) is 2. The van der Waals surface area contributed by atoms with Crippen molar-refractivity contribution >= 4 is 0 Å². The number of hydrogen-bond acceptors (Lipinski definition) is 6. The molecule has 0 bridgehead atoms. The fourth-order valence-corrected chi connectivity index (χ4v) is 6.24. The second-order valence-corrected chi connectivity index (χ2v) is 14.2. The van der Waals surface area contributed by atoms with Crippen LogP contribution in [0, 0.1) is 0 Å². The molecule has 0 heterocycles. The summed E-state index contributed by atoms with van der Waals surface area (Å²) in [6.45, 7) is 8.64. The van der Waals surface area contributed by atoms with Crippen LogP contribution in [-0.4, -0.2) is 10.2 Å². The molecule has 2 N–H and O–H groups in total. The molecule has 54 heavy (non-hydrogen) atoms. The van der Waals surface area contributed by atoms with Crippen LogP contribution >= 0.6 is 0 Å². The van der Waals surface area contributed by atoms with Gasteiger partial charge >= 0.3 is 0 Å². The summed E-state index contributed by atoms with van der Waals surface area (Å²) in [7, 11) is 0. The van der Waals surface area contributed by atoms with E-state index < -0.39 is 0 Å². The highest BCUT2D eigenvalue weighted by molar-refractivity contribution is 5.46. The van der Waals surface area contributed by atoms with Crippen LogP contribution in [0.2, 0.25) is 0 Å². The summed E-state index contributed by atoms with van der Waals surface area (Å²) < 4.78 is 24.3. The molecule has 0 aliphatic carbocycles. The second-order valence-electron chi connectivity index (χ2n) is 14.2. The molecule has 0 atom stereocenters. The quantitative estimate of drug-likeness (QED) is 0.131. The van der Waals surface area contributed by atoms with Crippen LogP contribution in [0.25, 0.3) is 0 Å². The Morgan fingerprint density at radius 2 is 0.407 bits per heavy atom. The van der Waals surface area contributed by atoms with Crippen LogP contribution in [0.5, 0.6) is 57.5 Å². The Kier molecular flexibility index (Phi) is 10.0. The van der Waals surface area contributed by atoms with Gasteiger partial charge in [-0.3, -0.25) is 0 Å². The van der Waals surface area contributed by atoms with Gasteiger partial charge in [0.1, 0.15) is 57.5 Å². The van der Waals surface area contributed by atoms with Gasteiger partial charge in [0.05, 0.1) is 0 Å². The standard InChI is InChI=1S/C48H42O6/c1-47(2,33-5-13-37(49)14-6-33)35-9-17-39(18-10-35)51-41-21-25-43(26-22-41)53-45-29-31-46(32-30-45)54-44-27-23-42(24-28-44)52-40-19-11-36(12-20-40)48(3,4)34-7-15-38(50)16-8-34/h5-32,49-50H,1-4H3. The smallest absolute Gasteiger partial charge is 0.127 e. The highest BCUT2D eigenvalue weighted by Crippen LogP contribution is 2.36. The molecule has 0 aliphatic rings. The van der Waals surface area contributed by atoms with Gasteiger partial charge in [-0.25, -0.2) is 0 Å². The van der Waals surface area contributed by atoms with Gasteiger partial charge in [-0.2, -0.15) is 0 Å². The number of phenolic OH excluding ortho intramolecular Hbond substituents is 2. The van der Waals surface area contributed by atoms with Crippen molar-refractivity contribution in [1.82, 2.24) is 0 Å². The second kappa shape index (κ2) is 15.1. The summed E-state index contributed by atoms with van der Waals surface area (Å²) in [6.07, 6.45) is 0. The van der Waals surface area contributed by atoms with Gasteiger partial charge in [-0.15, -0.1) is 0 Å². The largest absolute Gasteiger partial charge is 0.508 e. The third kappa shape index (κ3) is 8.35. The van der Waals surface area contributed by atoms with Gasteiger partial charge in [0.25, 0.3) is 0 Å². The summed E-state index contributed by atoms with van der Waals surface area (Å²) in [5, 5.41) is 19.3. The van der Waals surface area contributed by atoms with E-state index >= 15 is 0 Å². The first-order valence-electron chi connectivity index (χ1n) is 17.8. The Balaban J connectivity index is 0.893. The van der Waals surface area contributed by atoms with E-state index in [1.54, 1.807) is 24.3 Å². The Bertz CT molecular complexity index is 2110. The SMILES string of the molecule is CC(C)(c1ccc(O)cc1)c1ccc(Oc2ccc(Oc3ccc(Oc4ccc(Oc5ccc(C(C)(C)c6ccc(O)cc6)cc5)cc4)cc3)cc2)cc1. The van der Waals surface area contributed by atoms with Gasteiger partial charge in [0, 0.05) is 10.8 Å². The van der Waals surface area contributed by atoms with E-state index in [4.69, 9.17) is 18.9 Å². The Morgan fingerprint density at radius 3 is 0.593 bits per heavy atom. The van der Waals surface area contributed by atoms with Crippen molar-refractivity contribution < 1.29 is 29.2 Å². The minimum Gasteiger partial charge on any atom is -0.508 e. The first-order valence-corrected chi connectivity index (χ1v) is 17.8. The lowest BCUT2D eigenvalue weighted by Gasteiger charge is -2.26. The van der Waals surface area contributed by atoms with Crippen molar-refractivity contribution in [2.24, 2.45) is 0 Å². The summed E-state index contributed by atoms with van der Waals surface area (Å²) in [5.41, 5.74) is 4.10. The molecule has 7 rings (SSSR count). The van der Waals surface area contributed by atoms with Crippen LogP contribution in [0.3, 0.4) is 0 Å². The Hall–Kier alpha value is -6.66. The molecule has 7 aromatic carbocycles. The van der Waals surface area contributed by atoms with Gasteiger partial charge in [0.2, 0.25) is 0 Å². The molecule has 0 unspecified atom stereocenters. The van der Waals surface area contributed by atoms with Gasteiger partial charge < -0.3 is 29.2 Å². The van der Waals surface area contributed by atoms with Crippen molar-refractivity contribution in [3.63, 3.8) is 0 Å². The first-order chi connectivity index (χ1) is 26.0. The molecule has 0 radical (unpaired) electrons. The molecule has 0 fully saturated rings. The number of aromatic hydroxyl groups is 2. The van der Waals surface area contributed by atoms with Crippen molar-refractivity contribution in [3.8, 4) is 57.5 Å². The highest BCUT2D eigenvalue weighted by Gasteiger charge is 2.24. The molecule has 0 amide bonds. The monoisotopic (exact) mass is 714 g/mol. The maximum absolute atomic E-state index is 9.66. The third-order valence-corrected chi connectivity index (χ3v) is 9.74. The zero-order valence-electron chi connectivity index (χ0n) is 30.7. The van der Waals surface area contributed by atoms with E-state index in [0.717, 1.165) is 33.8 Å². The van der Waals surface area contributed by atoms with E-state index in [0.29, 0.717) is 34.5 Å². The minimum absolute atomic E-state index is 0.220. The summed E-state index contributed by atoms with van der Waals surface area (Å²) in [6, 6.07) is 53.3. The van der Waals surface area contributed by atoms with Gasteiger partial charge in [0.15, 0.2) is 0 Å². The molecular formula is C48H42O6. The number of benzene rings is 7. The van der Waals surface area contributed by atoms with Crippen LogP contribution in [0.15, 0.2) is 170 Å². The summed E-state index contributed by atoms with van der Waals surface area (Å²) in [4.78, 5) is 0. The highest BCUT2D eigenvalue weighted by atomic mass is 16.5. The van der Waals surface area contributed by atoms with Crippen LogP contribution in [-0.2, 0) is 10.8 Å². The molecule has 0 saturated heterocycles. The third-order valence-electron chi connectivity index (χ3n) is 9.74. The van der Waals surface area contributed by atoms with Crippen LogP contribution < -0.4 is 18.9 Å².